The van der Waals surface area contributed by atoms with Crippen molar-refractivity contribution in [1.29, 1.82) is 0 Å². The molecule has 0 N–H and O–H groups in total. The van der Waals surface area contributed by atoms with Crippen LogP contribution in [0.2, 0.25) is 0 Å². The van der Waals surface area contributed by atoms with Gasteiger partial charge in [-0.3, -0.25) is 0 Å². The van der Waals surface area contributed by atoms with E-state index in [4.69, 9.17) is 9.15 Å². The molecule has 0 saturated heterocycles. The molecule has 1 aromatic heterocycles. The van der Waals surface area contributed by atoms with E-state index in [9.17, 15) is 18.0 Å². The van der Waals surface area contributed by atoms with Crippen molar-refractivity contribution in [3.63, 3.8) is 0 Å². The molecular weight excluding hydrogens is 430 g/mol. The number of fused-ring (bicyclic) bond motifs is 2. The summed E-state index contributed by atoms with van der Waals surface area (Å²) in [5.74, 6) is -0.663. The zero-order valence-electron chi connectivity index (χ0n) is 18.1. The van der Waals surface area contributed by atoms with Crippen molar-refractivity contribution < 1.29 is 22.4 Å². The monoisotopic (exact) mass is 455 g/mol. The first-order valence-corrected chi connectivity index (χ1v) is 12.1. The molecule has 0 spiro atoms. The molecule has 3 aromatic rings. The van der Waals surface area contributed by atoms with Gasteiger partial charge in [-0.15, -0.1) is 0 Å². The molecular formula is C24H25NO6S. The van der Waals surface area contributed by atoms with Crippen molar-refractivity contribution in [3.8, 4) is 0 Å². The predicted molar refractivity (Wildman–Crippen MR) is 120 cm³/mol. The van der Waals surface area contributed by atoms with Crippen LogP contribution in [0.5, 0.6) is 0 Å². The van der Waals surface area contributed by atoms with E-state index in [0.717, 1.165) is 24.6 Å². The van der Waals surface area contributed by atoms with Gasteiger partial charge in [0.1, 0.15) is 12.2 Å². The Morgan fingerprint density at radius 2 is 1.78 bits per heavy atom. The first-order chi connectivity index (χ1) is 15.3. The quantitative estimate of drug-likeness (QED) is 0.399. The normalized spacial score (nSPS) is 13.5. The van der Waals surface area contributed by atoms with Gasteiger partial charge in [0.05, 0.1) is 10.5 Å². The van der Waals surface area contributed by atoms with E-state index in [1.807, 2.05) is 12.1 Å². The van der Waals surface area contributed by atoms with Gasteiger partial charge in [0.15, 0.2) is 0 Å². The Morgan fingerprint density at radius 1 is 1.06 bits per heavy atom. The number of esters is 1. The molecule has 1 aliphatic carbocycles. The average Bonchev–Trinajstić information content (AvgIpc) is 3.24. The molecule has 0 amide bonds. The number of rotatable bonds is 7. The van der Waals surface area contributed by atoms with E-state index >= 15 is 0 Å². The zero-order chi connectivity index (χ0) is 22.9. The fourth-order valence-electron chi connectivity index (χ4n) is 4.14. The van der Waals surface area contributed by atoms with Gasteiger partial charge in [-0.25, -0.2) is 18.0 Å². The fraction of sp³-hybridized carbons (Fsp3) is 0.333. The molecule has 0 unspecified atom stereocenters. The molecule has 32 heavy (non-hydrogen) atoms. The zero-order valence-corrected chi connectivity index (χ0v) is 18.9. The van der Waals surface area contributed by atoms with Gasteiger partial charge in [-0.2, -0.15) is 4.31 Å². The van der Waals surface area contributed by atoms with Crippen LogP contribution in [0.3, 0.4) is 0 Å². The number of ether oxygens (including phenoxy) is 1. The number of aryl methyl sites for hydroxylation is 2. The van der Waals surface area contributed by atoms with Gasteiger partial charge >= 0.3 is 11.6 Å². The molecule has 0 aliphatic heterocycles. The summed E-state index contributed by atoms with van der Waals surface area (Å²) < 4.78 is 37.6. The second-order valence-electron chi connectivity index (χ2n) is 7.75. The van der Waals surface area contributed by atoms with Crippen LogP contribution in [-0.2, 0) is 34.2 Å². The van der Waals surface area contributed by atoms with Gasteiger partial charge in [-0.1, -0.05) is 19.9 Å². The highest BCUT2D eigenvalue weighted by Gasteiger charge is 2.23. The van der Waals surface area contributed by atoms with E-state index in [1.165, 1.54) is 45.8 Å². The molecule has 168 valence electrons. The van der Waals surface area contributed by atoms with Crippen LogP contribution >= 0.6 is 0 Å². The third-order valence-electron chi connectivity index (χ3n) is 5.81. The van der Waals surface area contributed by atoms with Crippen molar-refractivity contribution in [2.75, 3.05) is 13.1 Å². The molecule has 7 nitrogen and oxygen atoms in total. The number of sulfonamides is 1. The van der Waals surface area contributed by atoms with Gasteiger partial charge < -0.3 is 9.15 Å². The largest absolute Gasteiger partial charge is 0.457 e. The lowest BCUT2D eigenvalue weighted by Crippen LogP contribution is -2.30. The maximum atomic E-state index is 12.8. The van der Waals surface area contributed by atoms with Crippen molar-refractivity contribution in [2.24, 2.45) is 0 Å². The molecule has 0 bridgehead atoms. The Balaban J connectivity index is 1.59. The van der Waals surface area contributed by atoms with Crippen molar-refractivity contribution in [2.45, 2.75) is 44.6 Å². The van der Waals surface area contributed by atoms with Crippen LogP contribution < -0.4 is 5.63 Å². The van der Waals surface area contributed by atoms with Crippen molar-refractivity contribution >= 4 is 27.0 Å². The first kappa shape index (κ1) is 22.2. The van der Waals surface area contributed by atoms with Crippen molar-refractivity contribution in [1.82, 2.24) is 4.31 Å². The molecule has 4 rings (SSSR count). The summed E-state index contributed by atoms with van der Waals surface area (Å²) in [6.07, 6.45) is 2.99. The first-order valence-electron chi connectivity index (χ1n) is 10.7. The lowest BCUT2D eigenvalue weighted by molar-refractivity contribution is 0.0473. The van der Waals surface area contributed by atoms with E-state index in [0.29, 0.717) is 24.2 Å². The van der Waals surface area contributed by atoms with Crippen LogP contribution in [0.25, 0.3) is 11.0 Å². The molecule has 0 atom stereocenters. The van der Waals surface area contributed by atoms with Crippen LogP contribution in [0, 0.1) is 0 Å². The topological polar surface area (TPSA) is 93.9 Å². The van der Waals surface area contributed by atoms with Crippen LogP contribution in [-0.4, -0.2) is 31.8 Å². The number of carbonyl (C=O) groups excluding carboxylic acids is 1. The minimum atomic E-state index is -3.69. The van der Waals surface area contributed by atoms with Gasteiger partial charge in [-0.05, 0) is 60.7 Å². The predicted octanol–water partition coefficient (Wildman–Crippen LogP) is 3.67. The third kappa shape index (κ3) is 4.20. The fourth-order valence-corrected chi connectivity index (χ4v) is 5.64. The van der Waals surface area contributed by atoms with Gasteiger partial charge in [0.25, 0.3) is 0 Å². The molecule has 0 fully saturated rings. The van der Waals surface area contributed by atoms with Gasteiger partial charge in [0, 0.05) is 30.1 Å². The third-order valence-corrected chi connectivity index (χ3v) is 7.86. The molecule has 0 radical (unpaired) electrons. The SMILES string of the molecule is CCN(CC)S(=O)(=O)c1cccc(C(=O)OCc2cc(=O)oc3cc4c(cc23)CCC4)c1. The number of carbonyl (C=O) groups is 1. The van der Waals surface area contributed by atoms with Crippen LogP contribution in [0.1, 0.15) is 47.3 Å². The maximum absolute atomic E-state index is 12.8. The summed E-state index contributed by atoms with van der Waals surface area (Å²) in [6, 6.07) is 11.0. The van der Waals surface area contributed by atoms with Crippen LogP contribution in [0.15, 0.2) is 56.6 Å². The molecule has 8 heteroatoms. The maximum Gasteiger partial charge on any atom is 0.338 e. The van der Waals surface area contributed by atoms with E-state index in [-0.39, 0.29) is 17.1 Å². The van der Waals surface area contributed by atoms with Crippen molar-refractivity contribution in [3.05, 3.63) is 75.1 Å². The average molecular weight is 456 g/mol. The second-order valence-corrected chi connectivity index (χ2v) is 9.69. The Kier molecular flexibility index (Phi) is 6.17. The Bertz CT molecular complexity index is 1340. The summed E-state index contributed by atoms with van der Waals surface area (Å²) in [5, 5.41) is 0.746. The van der Waals surface area contributed by atoms with E-state index in [1.54, 1.807) is 13.8 Å². The lowest BCUT2D eigenvalue weighted by Gasteiger charge is -2.18. The second kappa shape index (κ2) is 8.88. The molecule has 0 saturated carbocycles. The Morgan fingerprint density at radius 3 is 2.50 bits per heavy atom. The summed E-state index contributed by atoms with van der Waals surface area (Å²) in [6.45, 7) is 4.07. The lowest BCUT2D eigenvalue weighted by atomic mass is 10.0. The number of nitrogens with zero attached hydrogens (tertiary/aromatic N) is 1. The smallest absolute Gasteiger partial charge is 0.338 e. The Hall–Kier alpha value is -2.97. The summed E-state index contributed by atoms with van der Waals surface area (Å²) in [7, 11) is -3.69. The summed E-state index contributed by atoms with van der Waals surface area (Å²) in [5.41, 5.74) is 3.07. The highest BCUT2D eigenvalue weighted by molar-refractivity contribution is 7.89. The van der Waals surface area contributed by atoms with Gasteiger partial charge in [0.2, 0.25) is 10.0 Å². The summed E-state index contributed by atoms with van der Waals surface area (Å²) in [4.78, 5) is 24.7. The molecule has 1 heterocycles. The van der Waals surface area contributed by atoms with Crippen LogP contribution in [0.4, 0.5) is 0 Å². The Labute approximate surface area is 186 Å². The highest BCUT2D eigenvalue weighted by Crippen LogP contribution is 2.29. The molecule has 1 aliphatic rings. The summed E-state index contributed by atoms with van der Waals surface area (Å²) >= 11 is 0. The van der Waals surface area contributed by atoms with E-state index in [2.05, 4.69) is 0 Å². The van der Waals surface area contributed by atoms with E-state index < -0.39 is 21.6 Å². The number of hydrogen-bond donors (Lipinski definition) is 0. The standard InChI is InChI=1S/C24H25NO6S/c1-3-25(4-2)32(28,29)20-10-6-9-18(11-20)24(27)30-15-19-14-23(26)31-22-13-17-8-5-7-16(17)12-21(19)22/h6,9-14H,3-5,7-8,15H2,1-2H3. The number of hydrogen-bond acceptors (Lipinski definition) is 6. The minimum absolute atomic E-state index is 0.0389. The molecule has 2 aromatic carbocycles. The highest BCUT2D eigenvalue weighted by atomic mass is 32.2. The number of benzene rings is 2. The minimum Gasteiger partial charge on any atom is -0.457 e.